The number of imidazole rings is 1. The first-order chi connectivity index (χ1) is 12.4. The van der Waals surface area contributed by atoms with Crippen LogP contribution in [0.2, 0.25) is 0 Å². The van der Waals surface area contributed by atoms with Crippen molar-refractivity contribution >= 4 is 0 Å². The van der Waals surface area contributed by atoms with E-state index in [0.717, 1.165) is 18.5 Å². The molecule has 3 aliphatic rings. The highest BCUT2D eigenvalue weighted by atomic mass is 15.2. The molecular formula is C21H36N4. The topological polar surface area (TPSA) is 35.2 Å². The second kappa shape index (κ2) is 8.68. The van der Waals surface area contributed by atoms with Crippen LogP contribution in [0.5, 0.6) is 0 Å². The van der Waals surface area contributed by atoms with Gasteiger partial charge >= 0.3 is 0 Å². The van der Waals surface area contributed by atoms with Gasteiger partial charge in [-0.05, 0) is 64.2 Å². The Morgan fingerprint density at radius 1 is 0.960 bits per heavy atom. The predicted octanol–water partition coefficient (Wildman–Crippen LogP) is 3.98. The van der Waals surface area contributed by atoms with E-state index in [4.69, 9.17) is 0 Å². The fraction of sp³-hybridized carbons (Fsp3) is 0.857. The van der Waals surface area contributed by atoms with Crippen molar-refractivity contribution in [3.8, 4) is 0 Å². The summed E-state index contributed by atoms with van der Waals surface area (Å²) < 4.78 is 0. The summed E-state index contributed by atoms with van der Waals surface area (Å²) in [7, 11) is 0. The smallest absolute Gasteiger partial charge is 0.106 e. The largest absolute Gasteiger partial charge is 0.345 e. The molecule has 25 heavy (non-hydrogen) atoms. The van der Waals surface area contributed by atoms with Gasteiger partial charge < -0.3 is 9.88 Å². The number of hydrogen-bond donors (Lipinski definition) is 1. The summed E-state index contributed by atoms with van der Waals surface area (Å²) in [4.78, 5) is 13.7. The molecule has 0 spiro atoms. The molecule has 0 aromatic carbocycles. The van der Waals surface area contributed by atoms with Crippen LogP contribution in [0.3, 0.4) is 0 Å². The van der Waals surface area contributed by atoms with Crippen molar-refractivity contribution in [3.63, 3.8) is 0 Å². The normalized spacial score (nSPS) is 26.6. The number of aromatic amines is 1. The maximum absolute atomic E-state index is 4.69. The van der Waals surface area contributed by atoms with E-state index < -0.39 is 0 Å². The van der Waals surface area contributed by atoms with Gasteiger partial charge in [0.25, 0.3) is 0 Å². The van der Waals surface area contributed by atoms with E-state index in [2.05, 4.69) is 26.0 Å². The number of H-pyrrole nitrogens is 1. The van der Waals surface area contributed by atoms with Gasteiger partial charge in [-0.25, -0.2) is 4.98 Å². The summed E-state index contributed by atoms with van der Waals surface area (Å²) >= 11 is 0. The van der Waals surface area contributed by atoms with Gasteiger partial charge in [0.2, 0.25) is 0 Å². The van der Waals surface area contributed by atoms with Crippen molar-refractivity contribution < 1.29 is 0 Å². The fourth-order valence-corrected chi connectivity index (χ4v) is 5.23. The first-order valence-corrected chi connectivity index (χ1v) is 10.9. The lowest BCUT2D eigenvalue weighted by atomic mass is 9.99. The van der Waals surface area contributed by atoms with Crippen LogP contribution in [-0.4, -0.2) is 52.0 Å². The minimum atomic E-state index is 0.774. The third kappa shape index (κ3) is 4.85. The minimum absolute atomic E-state index is 0.774. The Hall–Kier alpha value is -0.870. The number of rotatable bonds is 7. The van der Waals surface area contributed by atoms with E-state index in [9.17, 15) is 0 Å². The highest BCUT2D eigenvalue weighted by Crippen LogP contribution is 2.27. The molecule has 2 saturated heterocycles. The number of piperidine rings is 1. The second-order valence-corrected chi connectivity index (χ2v) is 8.67. The van der Waals surface area contributed by atoms with Gasteiger partial charge in [0.05, 0.1) is 0 Å². The maximum atomic E-state index is 4.69. The van der Waals surface area contributed by atoms with Gasteiger partial charge in [-0.1, -0.05) is 32.1 Å². The number of nitrogens with zero attached hydrogens (tertiary/aromatic N) is 3. The molecule has 140 valence electrons. The summed E-state index contributed by atoms with van der Waals surface area (Å²) in [6.45, 7) is 6.30. The van der Waals surface area contributed by atoms with Crippen LogP contribution in [0.4, 0.5) is 0 Å². The van der Waals surface area contributed by atoms with Crippen molar-refractivity contribution in [2.24, 2.45) is 5.92 Å². The highest BCUT2D eigenvalue weighted by Gasteiger charge is 2.24. The van der Waals surface area contributed by atoms with E-state index >= 15 is 0 Å². The van der Waals surface area contributed by atoms with Crippen LogP contribution >= 0.6 is 0 Å². The summed E-state index contributed by atoms with van der Waals surface area (Å²) in [5.74, 6) is 2.11. The third-order valence-electron chi connectivity index (χ3n) is 6.74. The van der Waals surface area contributed by atoms with Gasteiger partial charge in [0.15, 0.2) is 0 Å². The zero-order valence-corrected chi connectivity index (χ0v) is 15.9. The molecule has 1 saturated carbocycles. The van der Waals surface area contributed by atoms with E-state index in [1.807, 2.05) is 0 Å². The third-order valence-corrected chi connectivity index (χ3v) is 6.74. The minimum Gasteiger partial charge on any atom is -0.345 e. The fourth-order valence-electron chi connectivity index (χ4n) is 5.23. The van der Waals surface area contributed by atoms with Crippen LogP contribution in [0.15, 0.2) is 6.20 Å². The average molecular weight is 345 g/mol. The molecule has 4 heteroatoms. The molecule has 0 radical (unpaired) electrons. The lowest BCUT2D eigenvalue weighted by molar-refractivity contribution is 0.120. The molecule has 4 nitrogen and oxygen atoms in total. The number of aromatic nitrogens is 2. The lowest BCUT2D eigenvalue weighted by Gasteiger charge is -2.36. The molecule has 3 fully saturated rings. The summed E-state index contributed by atoms with van der Waals surface area (Å²) in [5, 5.41) is 0. The Labute approximate surface area is 153 Å². The Morgan fingerprint density at radius 3 is 2.56 bits per heavy atom. The molecule has 0 amide bonds. The monoisotopic (exact) mass is 344 g/mol. The zero-order chi connectivity index (χ0) is 16.9. The molecule has 1 N–H and O–H groups in total. The Kier molecular flexibility index (Phi) is 6.09. The van der Waals surface area contributed by atoms with Crippen LogP contribution in [0.1, 0.15) is 75.7 Å². The van der Waals surface area contributed by atoms with Crippen molar-refractivity contribution in [2.75, 3.05) is 26.2 Å². The van der Waals surface area contributed by atoms with Crippen LogP contribution in [-0.2, 0) is 13.0 Å². The quantitative estimate of drug-likeness (QED) is 0.812. The molecule has 3 heterocycles. The summed E-state index contributed by atoms with van der Waals surface area (Å²) in [6, 6.07) is 0.774. The van der Waals surface area contributed by atoms with Crippen LogP contribution < -0.4 is 0 Å². The van der Waals surface area contributed by atoms with Crippen molar-refractivity contribution in [2.45, 2.75) is 83.2 Å². The van der Waals surface area contributed by atoms with E-state index in [1.165, 1.54) is 108 Å². The van der Waals surface area contributed by atoms with Gasteiger partial charge in [0.1, 0.15) is 5.82 Å². The first-order valence-electron chi connectivity index (χ1n) is 10.9. The maximum Gasteiger partial charge on any atom is 0.106 e. The number of nitrogens with one attached hydrogen (secondary N) is 1. The standard InChI is InChI=1S/C21H36N4/c1-2-8-18(7-1)15-21-22-16-19(23-21)17-25-13-4-3-9-20(25)10-14-24-11-5-6-12-24/h16,18,20H,1-15,17H2,(H,22,23)/t20-/m1/s1. The molecule has 2 aliphatic heterocycles. The molecule has 1 atom stereocenters. The molecule has 0 unspecified atom stereocenters. The zero-order valence-electron chi connectivity index (χ0n) is 15.9. The second-order valence-electron chi connectivity index (χ2n) is 8.67. The first kappa shape index (κ1) is 17.5. The van der Waals surface area contributed by atoms with Crippen LogP contribution in [0, 0.1) is 5.92 Å². The summed E-state index contributed by atoms with van der Waals surface area (Å²) in [5.41, 5.74) is 1.33. The van der Waals surface area contributed by atoms with Crippen molar-refractivity contribution in [1.82, 2.24) is 19.8 Å². The van der Waals surface area contributed by atoms with E-state index in [1.54, 1.807) is 0 Å². The predicted molar refractivity (Wildman–Crippen MR) is 103 cm³/mol. The molecule has 1 aliphatic carbocycles. The Balaban J connectivity index is 1.29. The van der Waals surface area contributed by atoms with Gasteiger partial charge in [-0.15, -0.1) is 0 Å². The number of likely N-dealkylation sites (tertiary alicyclic amines) is 2. The number of hydrogen-bond acceptors (Lipinski definition) is 3. The molecule has 4 rings (SSSR count). The van der Waals surface area contributed by atoms with Crippen molar-refractivity contribution in [1.29, 1.82) is 0 Å². The average Bonchev–Trinajstić information content (AvgIpc) is 3.38. The van der Waals surface area contributed by atoms with Crippen molar-refractivity contribution in [3.05, 3.63) is 17.7 Å². The lowest BCUT2D eigenvalue weighted by Crippen LogP contribution is -2.41. The van der Waals surface area contributed by atoms with E-state index in [0.29, 0.717) is 0 Å². The summed E-state index contributed by atoms with van der Waals surface area (Å²) in [6.07, 6.45) is 17.3. The Bertz CT molecular complexity index is 514. The highest BCUT2D eigenvalue weighted by molar-refractivity contribution is 5.03. The molecule has 1 aromatic rings. The Morgan fingerprint density at radius 2 is 1.72 bits per heavy atom. The van der Waals surface area contributed by atoms with Gasteiger partial charge in [0, 0.05) is 30.9 Å². The van der Waals surface area contributed by atoms with Gasteiger partial charge in [-0.2, -0.15) is 0 Å². The molecule has 1 aromatic heterocycles. The molecule has 0 bridgehead atoms. The van der Waals surface area contributed by atoms with Crippen LogP contribution in [0.25, 0.3) is 0 Å². The SMILES string of the molecule is c1nc(CC2CCCC2)[nH]c1CN1CCCC[C@@H]1CCN1CCCC1. The van der Waals surface area contributed by atoms with E-state index in [-0.39, 0.29) is 0 Å². The van der Waals surface area contributed by atoms with Gasteiger partial charge in [-0.3, -0.25) is 4.90 Å². The molecular weight excluding hydrogens is 308 g/mol.